The van der Waals surface area contributed by atoms with Crippen LogP contribution in [0.5, 0.6) is 0 Å². The van der Waals surface area contributed by atoms with E-state index in [1.54, 1.807) is 0 Å². The molecule has 1 aromatic carbocycles. The fourth-order valence-electron chi connectivity index (χ4n) is 1.13. The van der Waals surface area contributed by atoms with Gasteiger partial charge in [0.25, 0.3) is 0 Å². The number of alkyl halides is 3. The number of halogens is 3. The van der Waals surface area contributed by atoms with Gasteiger partial charge in [-0.25, -0.2) is 0 Å². The lowest BCUT2D eigenvalue weighted by Gasteiger charge is -2.11. The second-order valence-electron chi connectivity index (χ2n) is 4.82. The first-order valence-electron chi connectivity index (χ1n) is 5.05. The zero-order valence-corrected chi connectivity index (χ0v) is 9.60. The Bertz CT molecular complexity index is 364. The van der Waals surface area contributed by atoms with Crippen molar-refractivity contribution in [3.8, 4) is 0 Å². The maximum Gasteiger partial charge on any atom is 0.416 e. The largest absolute Gasteiger partial charge is 0.416 e. The highest BCUT2D eigenvalue weighted by molar-refractivity contribution is 5.50. The second-order valence-corrected chi connectivity index (χ2v) is 4.82. The predicted octanol–water partition coefficient (Wildman–Crippen LogP) is 4.76. The van der Waals surface area contributed by atoms with E-state index >= 15 is 0 Å². The van der Waals surface area contributed by atoms with Crippen LogP contribution in [0.2, 0.25) is 0 Å². The SMILES string of the molecule is CC(C)(C)/C=C\c1ccc(C(F)(F)F)cc1. The molecule has 0 atom stereocenters. The maximum absolute atomic E-state index is 12.3. The Morgan fingerprint density at radius 1 is 0.938 bits per heavy atom. The Labute approximate surface area is 93.8 Å². The Morgan fingerprint density at radius 3 is 1.81 bits per heavy atom. The molecule has 0 spiro atoms. The second kappa shape index (κ2) is 4.32. The van der Waals surface area contributed by atoms with Crippen LogP contribution < -0.4 is 0 Å². The lowest BCUT2D eigenvalue weighted by atomic mass is 9.95. The van der Waals surface area contributed by atoms with Crippen LogP contribution in [0, 0.1) is 5.41 Å². The molecule has 0 aliphatic rings. The van der Waals surface area contributed by atoms with Crippen LogP contribution in [0.25, 0.3) is 6.08 Å². The first-order chi connectivity index (χ1) is 7.18. The van der Waals surface area contributed by atoms with Crippen molar-refractivity contribution < 1.29 is 13.2 Å². The monoisotopic (exact) mass is 228 g/mol. The van der Waals surface area contributed by atoms with Gasteiger partial charge in [0.2, 0.25) is 0 Å². The lowest BCUT2D eigenvalue weighted by Crippen LogP contribution is -2.04. The van der Waals surface area contributed by atoms with Crippen molar-refractivity contribution in [2.24, 2.45) is 5.41 Å². The number of hydrogen-bond acceptors (Lipinski definition) is 0. The van der Waals surface area contributed by atoms with E-state index in [9.17, 15) is 13.2 Å². The predicted molar refractivity (Wildman–Crippen MR) is 59.9 cm³/mol. The molecule has 1 rings (SSSR count). The molecule has 0 heterocycles. The van der Waals surface area contributed by atoms with Crippen molar-refractivity contribution >= 4 is 6.08 Å². The molecule has 0 unspecified atom stereocenters. The Kier molecular flexibility index (Phi) is 3.46. The van der Waals surface area contributed by atoms with E-state index < -0.39 is 11.7 Å². The van der Waals surface area contributed by atoms with Gasteiger partial charge in [0, 0.05) is 0 Å². The molecule has 0 fully saturated rings. The summed E-state index contributed by atoms with van der Waals surface area (Å²) in [4.78, 5) is 0. The molecule has 0 aliphatic carbocycles. The van der Waals surface area contributed by atoms with Gasteiger partial charge < -0.3 is 0 Å². The first-order valence-corrected chi connectivity index (χ1v) is 5.05. The van der Waals surface area contributed by atoms with Crippen LogP contribution in [-0.2, 0) is 6.18 Å². The Morgan fingerprint density at radius 2 is 1.44 bits per heavy atom. The normalized spacial score (nSPS) is 13.4. The maximum atomic E-state index is 12.3. The zero-order chi connectivity index (χ0) is 12.4. The average molecular weight is 228 g/mol. The summed E-state index contributed by atoms with van der Waals surface area (Å²) in [6.07, 6.45) is -0.456. The van der Waals surface area contributed by atoms with Crippen LogP contribution in [-0.4, -0.2) is 0 Å². The summed E-state index contributed by atoms with van der Waals surface area (Å²) in [5, 5.41) is 0. The molecule has 0 N–H and O–H groups in total. The number of allylic oxidation sites excluding steroid dienone is 1. The van der Waals surface area contributed by atoms with Gasteiger partial charge in [0.1, 0.15) is 0 Å². The minimum absolute atomic E-state index is 0.0305. The van der Waals surface area contributed by atoms with Gasteiger partial charge in [-0.3, -0.25) is 0 Å². The molecular formula is C13H15F3. The average Bonchev–Trinajstić information content (AvgIpc) is 2.13. The van der Waals surface area contributed by atoms with Crippen molar-refractivity contribution in [2.45, 2.75) is 26.9 Å². The molecule has 0 nitrogen and oxygen atoms in total. The molecule has 0 radical (unpaired) electrons. The Balaban J connectivity index is 2.85. The number of rotatable bonds is 1. The van der Waals surface area contributed by atoms with Crippen molar-refractivity contribution in [3.63, 3.8) is 0 Å². The third-order valence-corrected chi connectivity index (χ3v) is 2.01. The summed E-state index contributed by atoms with van der Waals surface area (Å²) in [6.45, 7) is 6.11. The third-order valence-electron chi connectivity index (χ3n) is 2.01. The molecule has 3 heteroatoms. The van der Waals surface area contributed by atoms with Gasteiger partial charge >= 0.3 is 6.18 Å². The lowest BCUT2D eigenvalue weighted by molar-refractivity contribution is -0.137. The standard InChI is InChI=1S/C13H15F3/c1-12(2,3)9-8-10-4-6-11(7-5-10)13(14,15)16/h4-9H,1-3H3/b9-8-. The zero-order valence-electron chi connectivity index (χ0n) is 9.60. The van der Waals surface area contributed by atoms with E-state index in [2.05, 4.69) is 0 Å². The summed E-state index contributed by atoms with van der Waals surface area (Å²) < 4.78 is 36.8. The fourth-order valence-corrected chi connectivity index (χ4v) is 1.13. The molecular weight excluding hydrogens is 213 g/mol. The Hall–Kier alpha value is -1.25. The quantitative estimate of drug-likeness (QED) is 0.649. The molecule has 0 bridgehead atoms. The molecule has 1 aromatic rings. The van der Waals surface area contributed by atoms with E-state index in [4.69, 9.17) is 0 Å². The molecule has 0 amide bonds. The van der Waals surface area contributed by atoms with Gasteiger partial charge in [-0.05, 0) is 23.1 Å². The number of hydrogen-bond donors (Lipinski definition) is 0. The highest BCUT2D eigenvalue weighted by Crippen LogP contribution is 2.29. The van der Waals surface area contributed by atoms with E-state index in [1.165, 1.54) is 12.1 Å². The van der Waals surface area contributed by atoms with E-state index in [0.717, 1.165) is 17.7 Å². The van der Waals surface area contributed by atoms with Gasteiger partial charge in [-0.2, -0.15) is 13.2 Å². The van der Waals surface area contributed by atoms with E-state index in [-0.39, 0.29) is 5.41 Å². The number of benzene rings is 1. The van der Waals surface area contributed by atoms with Crippen molar-refractivity contribution in [1.82, 2.24) is 0 Å². The summed E-state index contributed by atoms with van der Waals surface area (Å²) in [5.41, 5.74) is 0.200. The van der Waals surface area contributed by atoms with E-state index in [1.807, 2.05) is 32.9 Å². The van der Waals surface area contributed by atoms with Crippen LogP contribution >= 0.6 is 0 Å². The van der Waals surface area contributed by atoms with Crippen LogP contribution in [0.4, 0.5) is 13.2 Å². The topological polar surface area (TPSA) is 0 Å². The molecule has 16 heavy (non-hydrogen) atoms. The summed E-state index contributed by atoms with van der Waals surface area (Å²) >= 11 is 0. The van der Waals surface area contributed by atoms with Crippen LogP contribution in [0.1, 0.15) is 31.9 Å². The molecule has 0 saturated carbocycles. The van der Waals surface area contributed by atoms with Gasteiger partial charge in [-0.1, -0.05) is 45.1 Å². The minimum Gasteiger partial charge on any atom is -0.166 e. The van der Waals surface area contributed by atoms with Crippen molar-refractivity contribution in [2.75, 3.05) is 0 Å². The van der Waals surface area contributed by atoms with Crippen LogP contribution in [0.3, 0.4) is 0 Å². The molecule has 0 aliphatic heterocycles. The van der Waals surface area contributed by atoms with Crippen molar-refractivity contribution in [1.29, 1.82) is 0 Å². The van der Waals surface area contributed by atoms with Gasteiger partial charge in [0.05, 0.1) is 5.56 Å². The first kappa shape index (κ1) is 12.8. The summed E-state index contributed by atoms with van der Waals surface area (Å²) in [6, 6.07) is 5.15. The highest BCUT2D eigenvalue weighted by Gasteiger charge is 2.29. The smallest absolute Gasteiger partial charge is 0.166 e. The fraction of sp³-hybridized carbons (Fsp3) is 0.385. The summed E-state index contributed by atoms with van der Waals surface area (Å²) in [7, 11) is 0. The minimum atomic E-state index is -4.26. The molecule has 88 valence electrons. The third kappa shape index (κ3) is 4.09. The van der Waals surface area contributed by atoms with Crippen LogP contribution in [0.15, 0.2) is 30.3 Å². The van der Waals surface area contributed by atoms with Gasteiger partial charge in [-0.15, -0.1) is 0 Å². The highest BCUT2D eigenvalue weighted by atomic mass is 19.4. The molecule has 0 aromatic heterocycles. The van der Waals surface area contributed by atoms with Gasteiger partial charge in [0.15, 0.2) is 0 Å². The van der Waals surface area contributed by atoms with Crippen molar-refractivity contribution in [3.05, 3.63) is 41.5 Å². The molecule has 0 saturated heterocycles. The van der Waals surface area contributed by atoms with E-state index in [0.29, 0.717) is 0 Å². The summed E-state index contributed by atoms with van der Waals surface area (Å²) in [5.74, 6) is 0.